The Hall–Kier alpha value is -5.34. The normalized spacial score (nSPS) is 22.7. The molecule has 572 valence electrons. The molecule has 0 aliphatic carbocycles. The van der Waals surface area contributed by atoms with E-state index in [0.29, 0.717) is 75.5 Å². The van der Waals surface area contributed by atoms with Gasteiger partial charge in [-0.3, -0.25) is 0 Å². The third kappa shape index (κ3) is 24.6. The van der Waals surface area contributed by atoms with E-state index in [-0.39, 0.29) is 32.1 Å². The summed E-state index contributed by atoms with van der Waals surface area (Å²) < 4.78 is 97.1. The number of carbonyl (C=O) groups excluding carboxylic acids is 2. The molecule has 104 heavy (non-hydrogen) atoms. The first-order valence-corrected chi connectivity index (χ1v) is 38.3. The molecule has 31 heteroatoms. The average molecular weight is 1700 g/mol. The first kappa shape index (κ1) is 82.7. The maximum atomic E-state index is 13.0. The van der Waals surface area contributed by atoms with Crippen LogP contribution in [0.1, 0.15) is 90.7 Å². The molecular formula is C73H104BF4I2N13O10S. The Balaban J connectivity index is 0.000000163. The molecular weight excluding hydrogens is 1590 g/mol. The van der Waals surface area contributed by atoms with Crippen molar-refractivity contribution in [1.82, 2.24) is 24.8 Å². The number of nitrogens with one attached hydrogen (secondary N) is 4. The minimum Gasteiger partial charge on any atom is -0.399 e. The topological polar surface area (TPSA) is 237 Å². The van der Waals surface area contributed by atoms with E-state index in [4.69, 9.17) is 53.4 Å². The van der Waals surface area contributed by atoms with Crippen LogP contribution in [0.15, 0.2) is 72.8 Å². The second-order valence-corrected chi connectivity index (χ2v) is 30.9. The summed E-state index contributed by atoms with van der Waals surface area (Å²) in [7, 11) is -0.556. The fourth-order valence-corrected chi connectivity index (χ4v) is 14.2. The van der Waals surface area contributed by atoms with Gasteiger partial charge in [-0.05, 0) is 207 Å². The Morgan fingerprint density at radius 1 is 0.567 bits per heavy atom. The van der Waals surface area contributed by atoms with Crippen LogP contribution >= 0.6 is 58.7 Å². The van der Waals surface area contributed by atoms with Gasteiger partial charge in [-0.25, -0.2) is 24.5 Å². The molecule has 0 radical (unpaired) electrons. The molecule has 14 rings (SSSR count). The smallest absolute Gasteiger partial charge is 0.399 e. The summed E-state index contributed by atoms with van der Waals surface area (Å²) in [5, 5.41) is 13.0. The van der Waals surface area contributed by atoms with Crippen LogP contribution in [0, 0.1) is 38.8 Å². The van der Waals surface area contributed by atoms with Crippen molar-refractivity contribution in [2.24, 2.45) is 17.6 Å². The lowest BCUT2D eigenvalue weighted by molar-refractivity contribution is -0.143. The van der Waals surface area contributed by atoms with Crippen molar-refractivity contribution in [3.05, 3.63) is 97.0 Å². The number of ether oxygens (including phenoxy) is 6. The van der Waals surface area contributed by atoms with E-state index in [9.17, 15) is 27.2 Å². The van der Waals surface area contributed by atoms with Crippen LogP contribution in [0.4, 0.5) is 67.6 Å². The third-order valence-corrected chi connectivity index (χ3v) is 21.2. The summed E-state index contributed by atoms with van der Waals surface area (Å²) in [6, 6.07) is 24.0. The minimum atomic E-state index is -4.20. The summed E-state index contributed by atoms with van der Waals surface area (Å²) in [4.78, 5) is 48.9. The zero-order chi connectivity index (χ0) is 73.3. The molecule has 23 nitrogen and oxygen atoms in total. The number of aromatic nitrogens is 3. The van der Waals surface area contributed by atoms with Gasteiger partial charge in [-0.15, -0.1) is 0 Å². The van der Waals surface area contributed by atoms with Gasteiger partial charge in [0.05, 0.1) is 82.7 Å². The quantitative estimate of drug-likeness (QED) is 0.0319. The molecule has 9 fully saturated rings. The molecule has 9 aliphatic heterocycles. The average Bonchev–Trinajstić information content (AvgIpc) is 1.61. The monoisotopic (exact) mass is 1700 g/mol. The molecule has 9 saturated heterocycles. The number of morpholine rings is 3. The van der Waals surface area contributed by atoms with Gasteiger partial charge in [0, 0.05) is 122 Å². The Kier molecular flexibility index (Phi) is 31.1. The number of alkyl halides is 3. The number of anilines is 7. The molecule has 0 bridgehead atoms. The van der Waals surface area contributed by atoms with E-state index < -0.39 is 48.8 Å². The molecule has 2 aromatic carbocycles. The third-order valence-electron chi connectivity index (χ3n) is 19.9. The van der Waals surface area contributed by atoms with Gasteiger partial charge in [-0.2, -0.15) is 31.1 Å². The van der Waals surface area contributed by atoms with Gasteiger partial charge in [-0.1, -0.05) is 31.0 Å². The van der Waals surface area contributed by atoms with Gasteiger partial charge in [0.15, 0.2) is 0 Å². The zero-order valence-corrected chi connectivity index (χ0v) is 66.2. The maximum absolute atomic E-state index is 13.0. The number of pyridine rings is 3. The highest BCUT2D eigenvalue weighted by molar-refractivity contribution is 14.1. The van der Waals surface area contributed by atoms with E-state index >= 15 is 0 Å². The van der Waals surface area contributed by atoms with E-state index in [1.54, 1.807) is 12.1 Å². The Labute approximate surface area is 644 Å². The van der Waals surface area contributed by atoms with Gasteiger partial charge in [0.1, 0.15) is 29.1 Å². The van der Waals surface area contributed by atoms with Crippen molar-refractivity contribution >= 4 is 124 Å². The van der Waals surface area contributed by atoms with Gasteiger partial charge in [0.25, 0.3) is 0 Å². The van der Waals surface area contributed by atoms with E-state index in [1.165, 1.54) is 14.5 Å². The molecule has 5 atom stereocenters. The number of hydrogen-bond donors (Lipinski definition) is 5. The van der Waals surface area contributed by atoms with E-state index in [2.05, 4.69) is 131 Å². The fourth-order valence-electron chi connectivity index (χ4n) is 13.1. The van der Waals surface area contributed by atoms with Gasteiger partial charge < -0.3 is 89.2 Å². The van der Waals surface area contributed by atoms with Crippen LogP contribution in [0.3, 0.4) is 0 Å². The van der Waals surface area contributed by atoms with Gasteiger partial charge >= 0.3 is 25.4 Å². The Bertz CT molecular complexity index is 3530. The number of nitrogens with two attached hydrogens (primary N) is 1. The Morgan fingerprint density at radius 2 is 1.03 bits per heavy atom. The van der Waals surface area contributed by atoms with Crippen molar-refractivity contribution in [3.63, 3.8) is 0 Å². The molecule has 4 amide bonds. The standard InChI is InChI=1S/C27H37N5O3.C20H28BF3N2O3.C13H18IN3O2.C9H10FIN2O.C4H9NO.H2S/c1-3-20-6-8-32(17-20)27(33)29-22-5-4-19(2)24(16-22)21-14-25(28-23-7-11-35-18-23)30-26(15-21)31-9-12-34-13-10-31;1-13-6-7-15(10-16(13)21-28-18(2,3)19(4,5)29-21)25-17(27)26-9-8-14(12-26)11-20(22,23)24;14-10-7-12(15-11-1-4-19-9-11)16-13(8-10)17-2-5-18-6-3-17;10-8-5-7(11)6-9(12-8)13-1-3-14-4-2-13;5-4-1-2-6-3-4;/h4-5,14-16,20,23H,3,6-13,17-18H2,1-2H3,(H,28,30)(H,29,33);6-7,10,14H,8-9,11-12H2,1-5H3,(H,25,27);7-8,11H,1-6,9H2,(H,15,16);5-6H,1-4H2;4H,1-3,5H2;1H2/t20-,23-;14-;11-;;4-;/m101.1./s1. The summed E-state index contributed by atoms with van der Waals surface area (Å²) in [5.74, 6) is 4.15. The van der Waals surface area contributed by atoms with Crippen LogP contribution in [-0.4, -0.2) is 224 Å². The van der Waals surface area contributed by atoms with Crippen LogP contribution in [0.25, 0.3) is 11.1 Å². The highest BCUT2D eigenvalue weighted by atomic mass is 127. The predicted octanol–water partition coefficient (Wildman–Crippen LogP) is 11.7. The highest BCUT2D eigenvalue weighted by Gasteiger charge is 2.52. The predicted molar refractivity (Wildman–Crippen MR) is 422 cm³/mol. The second-order valence-electron chi connectivity index (χ2n) is 28.4. The number of hydrogen-bond acceptors (Lipinski definition) is 19. The molecule has 9 aliphatic rings. The number of carbonyl (C=O) groups is 2. The number of halogens is 6. The SMILES string of the molecule is CC[C@@H]1CCN(C(=O)Nc2ccc(C)c(-c3cc(N[C@@H]4CCOC4)nc(N4CCOCC4)c3)c2)C1.Cc1ccc(NC(=O)N2CC[C@@H](CC(F)(F)F)C2)cc1B1OC(C)(C)C(C)(C)O1.Fc1cc(I)cc(N2CCOCC2)n1.Ic1cc(N[C@@H]2CCOC2)nc(N2CCOCC2)c1.N[C@@H]1CCOC1.S. The molecule has 3 aromatic heterocycles. The molecule has 5 aromatic rings. The Morgan fingerprint density at radius 3 is 1.49 bits per heavy atom. The summed E-state index contributed by atoms with van der Waals surface area (Å²) in [6.45, 7) is 30.4. The van der Waals surface area contributed by atoms with Crippen molar-refractivity contribution in [2.75, 3.05) is 181 Å². The van der Waals surface area contributed by atoms with Crippen molar-refractivity contribution in [1.29, 1.82) is 0 Å². The minimum absolute atomic E-state index is 0. The summed E-state index contributed by atoms with van der Waals surface area (Å²) in [6.07, 6.45) is 0.593. The molecule has 6 N–H and O–H groups in total. The lowest BCUT2D eigenvalue weighted by Crippen LogP contribution is -2.41. The zero-order valence-electron chi connectivity index (χ0n) is 60.9. The summed E-state index contributed by atoms with van der Waals surface area (Å²) >= 11 is 4.43. The van der Waals surface area contributed by atoms with Crippen LogP contribution in [0.5, 0.6) is 0 Å². The number of likely N-dealkylation sites (tertiary alicyclic amines) is 2. The van der Waals surface area contributed by atoms with E-state index in [0.717, 1.165) is 191 Å². The lowest BCUT2D eigenvalue weighted by atomic mass is 9.76. The number of benzene rings is 2. The number of aryl methyl sites for hydroxylation is 2. The van der Waals surface area contributed by atoms with Crippen LogP contribution in [0.2, 0.25) is 0 Å². The van der Waals surface area contributed by atoms with Crippen molar-refractivity contribution in [3.8, 4) is 11.1 Å². The molecule has 12 heterocycles. The first-order chi connectivity index (χ1) is 49.3. The van der Waals surface area contributed by atoms with Crippen LogP contribution < -0.4 is 47.2 Å². The highest BCUT2D eigenvalue weighted by Crippen LogP contribution is 2.38. The maximum Gasteiger partial charge on any atom is 0.495 e. The number of rotatable bonds is 13. The number of urea groups is 2. The lowest BCUT2D eigenvalue weighted by Gasteiger charge is -2.32. The largest absolute Gasteiger partial charge is 0.495 e. The number of amides is 4. The number of nitrogens with zero attached hydrogens (tertiary/aromatic N) is 8. The molecule has 0 saturated carbocycles. The molecule has 0 unspecified atom stereocenters. The van der Waals surface area contributed by atoms with Gasteiger partial charge in [0.2, 0.25) is 5.95 Å². The van der Waals surface area contributed by atoms with Crippen molar-refractivity contribution in [2.45, 2.75) is 129 Å². The van der Waals surface area contributed by atoms with E-state index in [1.807, 2.05) is 62.6 Å². The fraction of sp³-hybridized carbons (Fsp3) is 0.603. The second kappa shape index (κ2) is 39.2. The van der Waals surface area contributed by atoms with Crippen molar-refractivity contribution < 1.29 is 64.9 Å². The first-order valence-electron chi connectivity index (χ1n) is 36.1. The summed E-state index contributed by atoms with van der Waals surface area (Å²) in [5.41, 5.74) is 11.0. The van der Waals surface area contributed by atoms with Crippen LogP contribution in [-0.2, 0) is 37.7 Å². The molecule has 0 spiro atoms.